The number of unbranched alkanes of at least 4 members (excludes halogenated alkanes) is 1. The minimum atomic E-state index is -0.208. The van der Waals surface area contributed by atoms with Crippen molar-refractivity contribution in [1.82, 2.24) is 25.5 Å². The molecule has 0 aliphatic heterocycles. The van der Waals surface area contributed by atoms with E-state index >= 15 is 0 Å². The van der Waals surface area contributed by atoms with Gasteiger partial charge in [0.2, 0.25) is 5.16 Å². The fourth-order valence-corrected chi connectivity index (χ4v) is 2.89. The van der Waals surface area contributed by atoms with E-state index in [1.807, 2.05) is 18.5 Å². The van der Waals surface area contributed by atoms with E-state index in [0.717, 1.165) is 49.3 Å². The highest BCUT2D eigenvalue weighted by Gasteiger charge is 2.20. The van der Waals surface area contributed by atoms with Gasteiger partial charge >= 0.3 is 0 Å². The molecule has 1 aromatic rings. The summed E-state index contributed by atoms with van der Waals surface area (Å²) < 4.78 is 1.87. The Hall–Kier alpha value is -1.13. The molecule has 21 heavy (non-hydrogen) atoms. The molecule has 2 rings (SSSR count). The smallest absolute Gasteiger partial charge is 0.209 e. The number of nitriles is 1. The lowest BCUT2D eigenvalue weighted by atomic mass is 9.89. The van der Waals surface area contributed by atoms with Crippen LogP contribution in [0.2, 0.25) is 0 Å². The van der Waals surface area contributed by atoms with Crippen molar-refractivity contribution in [2.24, 2.45) is 5.41 Å². The van der Waals surface area contributed by atoms with E-state index in [1.165, 1.54) is 12.8 Å². The Kier molecular flexibility index (Phi) is 6.00. The van der Waals surface area contributed by atoms with Crippen LogP contribution < -0.4 is 5.32 Å². The molecule has 1 saturated carbocycles. The first-order valence-electron chi connectivity index (χ1n) is 7.64. The Morgan fingerprint density at radius 1 is 1.43 bits per heavy atom. The number of nitrogens with zero attached hydrogens (tertiary/aromatic N) is 5. The van der Waals surface area contributed by atoms with Crippen LogP contribution in [0.1, 0.15) is 46.0 Å². The molecule has 1 N–H and O–H groups in total. The quantitative estimate of drug-likeness (QED) is 0.527. The van der Waals surface area contributed by atoms with E-state index < -0.39 is 0 Å². The molecule has 1 fully saturated rings. The summed E-state index contributed by atoms with van der Waals surface area (Å²) in [6.07, 6.45) is 5.70. The standard InChI is InChI=1S/C14H24N6S/c1-14(2,11-15)7-3-4-10-21-13-17-18-19-20(13)9-8-16-12-5-6-12/h12,16H,3-10H2,1-2H3. The van der Waals surface area contributed by atoms with Crippen molar-refractivity contribution in [1.29, 1.82) is 5.26 Å². The number of tetrazole rings is 1. The zero-order chi connectivity index (χ0) is 15.1. The summed E-state index contributed by atoms with van der Waals surface area (Å²) in [7, 11) is 0. The third-order valence-corrected chi connectivity index (χ3v) is 4.61. The van der Waals surface area contributed by atoms with Gasteiger partial charge in [-0.25, -0.2) is 4.68 Å². The molecule has 1 aliphatic rings. The van der Waals surface area contributed by atoms with Crippen molar-refractivity contribution in [3.63, 3.8) is 0 Å². The van der Waals surface area contributed by atoms with E-state index in [4.69, 9.17) is 5.26 Å². The van der Waals surface area contributed by atoms with Gasteiger partial charge in [0.15, 0.2) is 0 Å². The molecule has 0 spiro atoms. The maximum atomic E-state index is 8.97. The first-order valence-corrected chi connectivity index (χ1v) is 8.63. The maximum Gasteiger partial charge on any atom is 0.209 e. The number of nitrogens with one attached hydrogen (secondary N) is 1. The van der Waals surface area contributed by atoms with Crippen molar-refractivity contribution in [2.75, 3.05) is 12.3 Å². The van der Waals surface area contributed by atoms with Gasteiger partial charge in [-0.1, -0.05) is 18.2 Å². The van der Waals surface area contributed by atoms with Crippen molar-refractivity contribution >= 4 is 11.8 Å². The molecule has 6 nitrogen and oxygen atoms in total. The van der Waals surface area contributed by atoms with E-state index in [-0.39, 0.29) is 5.41 Å². The molecule has 0 bridgehead atoms. The van der Waals surface area contributed by atoms with Gasteiger partial charge in [0, 0.05) is 18.3 Å². The molecule has 0 saturated heterocycles. The van der Waals surface area contributed by atoms with Gasteiger partial charge < -0.3 is 5.32 Å². The topological polar surface area (TPSA) is 79.4 Å². The average Bonchev–Trinajstić information content (AvgIpc) is 3.18. The van der Waals surface area contributed by atoms with E-state index in [0.29, 0.717) is 0 Å². The number of rotatable bonds is 10. The molecule has 1 heterocycles. The van der Waals surface area contributed by atoms with Crippen LogP contribution >= 0.6 is 11.8 Å². The zero-order valence-corrected chi connectivity index (χ0v) is 13.7. The van der Waals surface area contributed by atoms with Crippen LogP contribution in [0.4, 0.5) is 0 Å². The molecule has 0 aromatic carbocycles. The third-order valence-electron chi connectivity index (χ3n) is 3.56. The molecule has 1 aliphatic carbocycles. The first kappa shape index (κ1) is 16.2. The van der Waals surface area contributed by atoms with Crippen molar-refractivity contribution in [2.45, 2.75) is 63.7 Å². The fraction of sp³-hybridized carbons (Fsp3) is 0.857. The van der Waals surface area contributed by atoms with Crippen molar-refractivity contribution in [3.05, 3.63) is 0 Å². The summed E-state index contributed by atoms with van der Waals surface area (Å²) >= 11 is 1.70. The van der Waals surface area contributed by atoms with Crippen LogP contribution in [0.3, 0.4) is 0 Å². The zero-order valence-electron chi connectivity index (χ0n) is 12.9. The lowest BCUT2D eigenvalue weighted by molar-refractivity contribution is 0.433. The molecule has 1 aromatic heterocycles. The lowest BCUT2D eigenvalue weighted by Gasteiger charge is -2.13. The second-order valence-corrected chi connectivity index (χ2v) is 7.28. The number of hydrogen-bond acceptors (Lipinski definition) is 6. The van der Waals surface area contributed by atoms with Crippen molar-refractivity contribution in [3.8, 4) is 6.07 Å². The molecule has 7 heteroatoms. The minimum absolute atomic E-state index is 0.208. The Morgan fingerprint density at radius 2 is 2.24 bits per heavy atom. The SMILES string of the molecule is CC(C)(C#N)CCCCSc1nnnn1CCNC1CC1. The van der Waals surface area contributed by atoms with Gasteiger partial charge in [-0.3, -0.25) is 0 Å². The van der Waals surface area contributed by atoms with E-state index in [1.54, 1.807) is 11.8 Å². The van der Waals surface area contributed by atoms with Gasteiger partial charge in [0.25, 0.3) is 0 Å². The summed E-state index contributed by atoms with van der Waals surface area (Å²) in [5.74, 6) is 0.998. The normalized spacial score (nSPS) is 15.1. The van der Waals surface area contributed by atoms with Crippen LogP contribution in [0.5, 0.6) is 0 Å². The van der Waals surface area contributed by atoms with Crippen LogP contribution in [-0.4, -0.2) is 38.5 Å². The largest absolute Gasteiger partial charge is 0.312 e. The van der Waals surface area contributed by atoms with E-state index in [9.17, 15) is 0 Å². The summed E-state index contributed by atoms with van der Waals surface area (Å²) in [5.41, 5.74) is -0.208. The molecule has 0 amide bonds. The van der Waals surface area contributed by atoms with E-state index in [2.05, 4.69) is 26.9 Å². The summed E-state index contributed by atoms with van der Waals surface area (Å²) in [5, 5.41) is 25.2. The van der Waals surface area contributed by atoms with Crippen LogP contribution in [0.15, 0.2) is 5.16 Å². The maximum absolute atomic E-state index is 8.97. The van der Waals surface area contributed by atoms with Gasteiger partial charge in [-0.15, -0.1) is 5.10 Å². The summed E-state index contributed by atoms with van der Waals surface area (Å²) in [6.45, 7) is 5.74. The summed E-state index contributed by atoms with van der Waals surface area (Å²) in [6, 6.07) is 3.07. The first-order chi connectivity index (χ1) is 10.1. The fourth-order valence-electron chi connectivity index (χ4n) is 1.99. The highest BCUT2D eigenvalue weighted by atomic mass is 32.2. The molecule has 0 atom stereocenters. The Morgan fingerprint density at radius 3 is 2.95 bits per heavy atom. The number of thioether (sulfide) groups is 1. The third kappa shape index (κ3) is 6.02. The minimum Gasteiger partial charge on any atom is -0.312 e. The van der Waals surface area contributed by atoms with Crippen LogP contribution in [0.25, 0.3) is 0 Å². The van der Waals surface area contributed by atoms with Crippen LogP contribution in [0, 0.1) is 16.7 Å². The molecular formula is C14H24N6S. The summed E-state index contributed by atoms with van der Waals surface area (Å²) in [4.78, 5) is 0. The monoisotopic (exact) mass is 308 g/mol. The highest BCUT2D eigenvalue weighted by molar-refractivity contribution is 7.99. The second-order valence-electron chi connectivity index (χ2n) is 6.21. The van der Waals surface area contributed by atoms with Gasteiger partial charge in [0.1, 0.15) is 0 Å². The Labute approximate surface area is 130 Å². The Balaban J connectivity index is 1.61. The van der Waals surface area contributed by atoms with Crippen LogP contribution in [-0.2, 0) is 6.54 Å². The predicted molar refractivity (Wildman–Crippen MR) is 82.8 cm³/mol. The molecule has 116 valence electrons. The van der Waals surface area contributed by atoms with Crippen molar-refractivity contribution < 1.29 is 0 Å². The number of aromatic nitrogens is 4. The average molecular weight is 308 g/mol. The predicted octanol–water partition coefficient (Wildman–Crippen LogP) is 2.24. The number of hydrogen-bond donors (Lipinski definition) is 1. The van der Waals surface area contributed by atoms with Gasteiger partial charge in [-0.2, -0.15) is 5.26 Å². The van der Waals surface area contributed by atoms with Gasteiger partial charge in [-0.05, 0) is 50.0 Å². The van der Waals surface area contributed by atoms with Gasteiger partial charge in [0.05, 0.1) is 18.0 Å². The highest BCUT2D eigenvalue weighted by Crippen LogP contribution is 2.23. The lowest BCUT2D eigenvalue weighted by Crippen LogP contribution is -2.22. The second kappa shape index (κ2) is 7.76. The molecule has 0 unspecified atom stereocenters. The molecular weight excluding hydrogens is 284 g/mol. The molecule has 0 radical (unpaired) electrons. The Bertz CT molecular complexity index is 474.